The fourth-order valence-corrected chi connectivity index (χ4v) is 3.53. The van der Waals surface area contributed by atoms with E-state index in [0.29, 0.717) is 0 Å². The van der Waals surface area contributed by atoms with Gasteiger partial charge in [-0.15, -0.1) is 4.52 Å². The topological polar surface area (TPSA) is 181 Å². The molecule has 5 N–H and O–H groups in total. The van der Waals surface area contributed by atoms with E-state index in [-0.39, 0.29) is 11.9 Å². The Bertz CT molecular complexity index is 831. The monoisotopic (exact) mass is 449 g/mol. The Kier molecular flexibility index (Phi) is 7.99. The minimum Gasteiger partial charge on any atom is -0.462 e. The molecule has 14 heteroatoms. The van der Waals surface area contributed by atoms with Gasteiger partial charge in [0.25, 0.3) is 0 Å². The molecular formula is C16H26N4O9P+. The van der Waals surface area contributed by atoms with Gasteiger partial charge in [0.15, 0.2) is 12.0 Å². The molecule has 1 aromatic rings. The third-order valence-corrected chi connectivity index (χ3v) is 5.29. The summed E-state index contributed by atoms with van der Waals surface area (Å²) in [6.45, 7) is 5.66. The number of anilines is 1. The van der Waals surface area contributed by atoms with E-state index < -0.39 is 56.5 Å². The van der Waals surface area contributed by atoms with Crippen molar-refractivity contribution in [1.29, 1.82) is 0 Å². The Balaban J connectivity index is 2.00. The first kappa shape index (κ1) is 24.3. The van der Waals surface area contributed by atoms with Crippen LogP contribution in [-0.4, -0.2) is 67.5 Å². The third kappa shape index (κ3) is 5.58. The van der Waals surface area contributed by atoms with Gasteiger partial charge in [-0.1, -0.05) is 5.09 Å². The first-order valence-electron chi connectivity index (χ1n) is 9.09. The van der Waals surface area contributed by atoms with E-state index in [0.717, 1.165) is 4.57 Å². The van der Waals surface area contributed by atoms with E-state index in [1.54, 1.807) is 19.3 Å². The van der Waals surface area contributed by atoms with E-state index in [1.807, 2.05) is 0 Å². The lowest BCUT2D eigenvalue weighted by molar-refractivity contribution is -0.149. The second-order valence-electron chi connectivity index (χ2n) is 7.20. The van der Waals surface area contributed by atoms with Crippen molar-refractivity contribution < 1.29 is 38.8 Å². The quantitative estimate of drug-likeness (QED) is 0.188. The Hall–Kier alpha value is -1.99. The Morgan fingerprint density at radius 3 is 2.70 bits per heavy atom. The summed E-state index contributed by atoms with van der Waals surface area (Å²) in [7, 11) is -2.52. The number of aliphatic hydroxyl groups excluding tert-OH is 1. The highest BCUT2D eigenvalue weighted by atomic mass is 31.1. The molecule has 0 bridgehead atoms. The molecule has 0 aliphatic carbocycles. The van der Waals surface area contributed by atoms with Crippen LogP contribution in [0.3, 0.4) is 0 Å². The molecule has 0 saturated carbocycles. The standard InChI is InChI=1S/C16H25N4O9P/c1-8(2)28-13(22)9(3)19-30(26)27-7-10-12(21)16(4,24)14(29-10)20-6-5-11(18-25)17-15(20)23/h5-6,8-10,12,14,21,24H,7H2,1-4H3,(H2-,17,18,19,23,25,26)/p+1. The van der Waals surface area contributed by atoms with Crippen LogP contribution >= 0.6 is 8.18 Å². The number of nitrogens with one attached hydrogen (secondary N) is 2. The van der Waals surface area contributed by atoms with Crippen LogP contribution in [0.4, 0.5) is 5.82 Å². The molecule has 0 radical (unpaired) electrons. The summed E-state index contributed by atoms with van der Waals surface area (Å²) >= 11 is 0. The number of hydrogen-bond acceptors (Lipinski definition) is 11. The molecule has 1 saturated heterocycles. The van der Waals surface area contributed by atoms with Crippen LogP contribution in [0.2, 0.25) is 0 Å². The zero-order valence-electron chi connectivity index (χ0n) is 16.9. The summed E-state index contributed by atoms with van der Waals surface area (Å²) in [4.78, 5) is 27.4. The second kappa shape index (κ2) is 9.88. The second-order valence-corrected chi connectivity index (χ2v) is 8.23. The number of aromatic nitrogens is 2. The van der Waals surface area contributed by atoms with Crippen LogP contribution in [0.15, 0.2) is 17.1 Å². The molecule has 2 rings (SSSR count). The van der Waals surface area contributed by atoms with Crippen LogP contribution in [0.1, 0.15) is 33.9 Å². The summed E-state index contributed by atoms with van der Waals surface area (Å²) in [5.74, 6) is -0.715. The molecule has 0 aromatic carbocycles. The van der Waals surface area contributed by atoms with Gasteiger partial charge in [-0.3, -0.25) is 20.0 Å². The molecule has 6 unspecified atom stereocenters. The van der Waals surface area contributed by atoms with Crippen molar-refractivity contribution in [3.8, 4) is 0 Å². The summed E-state index contributed by atoms with van der Waals surface area (Å²) in [5, 5.41) is 32.3. The number of aliphatic hydroxyl groups is 2. The smallest absolute Gasteiger partial charge is 0.462 e. The van der Waals surface area contributed by atoms with Crippen molar-refractivity contribution in [2.45, 2.75) is 63.9 Å². The van der Waals surface area contributed by atoms with E-state index >= 15 is 0 Å². The summed E-state index contributed by atoms with van der Waals surface area (Å²) < 4.78 is 28.6. The minimum atomic E-state index is -2.52. The lowest BCUT2D eigenvalue weighted by Crippen LogP contribution is -2.46. The third-order valence-electron chi connectivity index (χ3n) is 4.31. The zero-order valence-corrected chi connectivity index (χ0v) is 17.8. The fourth-order valence-electron chi connectivity index (χ4n) is 2.75. The van der Waals surface area contributed by atoms with Gasteiger partial charge in [0, 0.05) is 6.20 Å². The van der Waals surface area contributed by atoms with Crippen LogP contribution in [0.25, 0.3) is 0 Å². The first-order chi connectivity index (χ1) is 14.0. The molecular weight excluding hydrogens is 423 g/mol. The molecule has 168 valence electrons. The van der Waals surface area contributed by atoms with Gasteiger partial charge in [0.2, 0.25) is 0 Å². The maximum absolute atomic E-state index is 12.1. The lowest BCUT2D eigenvalue weighted by atomic mass is 9.96. The molecule has 1 aromatic heterocycles. The van der Waals surface area contributed by atoms with Crippen molar-refractivity contribution in [3.05, 3.63) is 22.7 Å². The van der Waals surface area contributed by atoms with Crippen molar-refractivity contribution in [2.75, 3.05) is 12.1 Å². The average Bonchev–Trinajstić information content (AvgIpc) is 2.88. The van der Waals surface area contributed by atoms with Crippen LogP contribution in [-0.2, 0) is 23.4 Å². The number of nitrogens with zero attached hydrogens (tertiary/aromatic N) is 2. The zero-order chi connectivity index (χ0) is 22.6. The number of hydrogen-bond donors (Lipinski definition) is 5. The number of carbonyl (C=O) groups excluding carboxylic acids is 1. The van der Waals surface area contributed by atoms with Crippen molar-refractivity contribution in [2.24, 2.45) is 0 Å². The Morgan fingerprint density at radius 2 is 2.13 bits per heavy atom. The number of ether oxygens (including phenoxy) is 2. The highest BCUT2D eigenvalue weighted by Gasteiger charge is 2.54. The number of rotatable bonds is 9. The highest BCUT2D eigenvalue weighted by molar-refractivity contribution is 7.36. The van der Waals surface area contributed by atoms with Crippen LogP contribution in [0, 0.1) is 0 Å². The summed E-state index contributed by atoms with van der Waals surface area (Å²) in [5.41, 5.74) is -1.03. The number of esters is 1. The van der Waals surface area contributed by atoms with Crippen molar-refractivity contribution >= 4 is 20.0 Å². The molecule has 2 heterocycles. The van der Waals surface area contributed by atoms with E-state index in [9.17, 15) is 24.4 Å². The summed E-state index contributed by atoms with van der Waals surface area (Å²) in [6.07, 6.45) is -3.06. The van der Waals surface area contributed by atoms with Crippen molar-refractivity contribution in [3.63, 3.8) is 0 Å². The molecule has 1 aliphatic heterocycles. The predicted molar refractivity (Wildman–Crippen MR) is 102 cm³/mol. The minimum absolute atomic E-state index is 0.109. The van der Waals surface area contributed by atoms with Gasteiger partial charge in [0.05, 0.1) is 6.10 Å². The van der Waals surface area contributed by atoms with Crippen LogP contribution in [0.5, 0.6) is 0 Å². The largest absolute Gasteiger partial charge is 0.613 e. The lowest BCUT2D eigenvalue weighted by Gasteiger charge is -2.27. The first-order valence-corrected chi connectivity index (χ1v) is 10.3. The van der Waals surface area contributed by atoms with Crippen molar-refractivity contribution in [1.82, 2.24) is 14.6 Å². The Morgan fingerprint density at radius 1 is 1.47 bits per heavy atom. The maximum Gasteiger partial charge on any atom is 0.613 e. The fraction of sp³-hybridized carbons (Fsp3) is 0.688. The predicted octanol–water partition coefficient (Wildman–Crippen LogP) is -0.343. The van der Waals surface area contributed by atoms with Gasteiger partial charge in [-0.2, -0.15) is 4.98 Å². The van der Waals surface area contributed by atoms with E-state index in [2.05, 4.69) is 10.1 Å². The molecule has 0 amide bonds. The van der Waals surface area contributed by atoms with E-state index in [1.165, 1.54) is 26.1 Å². The average molecular weight is 449 g/mol. The highest BCUT2D eigenvalue weighted by Crippen LogP contribution is 2.38. The SMILES string of the molecule is CC(C)OC(=O)C(C)N[P+](=O)OCC1OC(n2ccc(NO)nc2=O)C(C)(O)C1O. The van der Waals surface area contributed by atoms with Crippen LogP contribution < -0.4 is 16.3 Å². The molecule has 0 spiro atoms. The summed E-state index contributed by atoms with van der Waals surface area (Å²) in [6, 6.07) is 0.361. The molecule has 1 aliphatic rings. The Labute approximate surface area is 172 Å². The van der Waals surface area contributed by atoms with E-state index in [4.69, 9.17) is 19.2 Å². The molecule has 13 nitrogen and oxygen atoms in total. The molecule has 30 heavy (non-hydrogen) atoms. The molecule has 1 fully saturated rings. The number of carbonyl (C=O) groups is 1. The van der Waals surface area contributed by atoms with Gasteiger partial charge in [0.1, 0.15) is 30.5 Å². The van der Waals surface area contributed by atoms with Gasteiger partial charge in [-0.25, -0.2) is 4.79 Å². The normalized spacial score (nSPS) is 27.7. The maximum atomic E-state index is 12.1. The molecule has 6 atom stereocenters. The van der Waals surface area contributed by atoms with Gasteiger partial charge < -0.3 is 19.7 Å². The van der Waals surface area contributed by atoms with Gasteiger partial charge >= 0.3 is 19.8 Å². The van der Waals surface area contributed by atoms with Gasteiger partial charge in [-0.05, 0) is 38.3 Å².